The number of aryl methyl sites for hydroxylation is 1. The molecule has 2 rings (SSSR count). The van der Waals surface area contributed by atoms with Crippen LogP contribution < -0.4 is 5.32 Å². The fraction of sp³-hybridized carbons (Fsp3) is 0.250. The lowest BCUT2D eigenvalue weighted by Crippen LogP contribution is -1.90. The van der Waals surface area contributed by atoms with Crippen molar-refractivity contribution >= 4 is 22.2 Å². The van der Waals surface area contributed by atoms with E-state index in [-0.39, 0.29) is 10.6 Å². The van der Waals surface area contributed by atoms with Gasteiger partial charge in [-0.3, -0.25) is 10.1 Å². The number of aromatic nitrogens is 1. The Bertz CT molecular complexity index is 563. The molecule has 0 aliphatic rings. The predicted molar refractivity (Wildman–Crippen MR) is 72.3 cm³/mol. The number of nitrogens with zero attached hydrogens (tertiary/aromatic N) is 2. The van der Waals surface area contributed by atoms with Crippen LogP contribution >= 0.6 is 11.3 Å². The molecule has 1 aromatic carbocycles. The molecule has 0 saturated carbocycles. The van der Waals surface area contributed by atoms with Gasteiger partial charge in [-0.25, -0.2) is 4.98 Å². The summed E-state index contributed by atoms with van der Waals surface area (Å²) < 4.78 is 0. The maximum Gasteiger partial charge on any atom is 0.269 e. The van der Waals surface area contributed by atoms with Gasteiger partial charge < -0.3 is 5.32 Å². The molecule has 0 bridgehead atoms. The predicted octanol–water partition coefficient (Wildman–Crippen LogP) is 2.99. The molecule has 5 nitrogen and oxygen atoms in total. The summed E-state index contributed by atoms with van der Waals surface area (Å²) >= 11 is 1.61. The number of hydrogen-bond donors (Lipinski definition) is 1. The summed E-state index contributed by atoms with van der Waals surface area (Å²) in [6.45, 7) is 1.97. The molecule has 0 aliphatic heterocycles. The van der Waals surface area contributed by atoms with E-state index in [1.54, 1.807) is 23.5 Å². The van der Waals surface area contributed by atoms with Gasteiger partial charge in [0.2, 0.25) is 0 Å². The summed E-state index contributed by atoms with van der Waals surface area (Å²) in [6.07, 6.45) is 0.753. The van der Waals surface area contributed by atoms with Crippen LogP contribution in [0, 0.1) is 17.0 Å². The smallest absolute Gasteiger partial charge is 0.269 e. The van der Waals surface area contributed by atoms with Crippen molar-refractivity contribution < 1.29 is 4.92 Å². The number of nitrogens with one attached hydrogen (secondary N) is 1. The van der Waals surface area contributed by atoms with Crippen LogP contribution in [0.4, 0.5) is 10.8 Å². The van der Waals surface area contributed by atoms with Gasteiger partial charge in [0.1, 0.15) is 0 Å². The molecule has 0 amide bonds. The Kier molecular flexibility index (Phi) is 3.57. The summed E-state index contributed by atoms with van der Waals surface area (Å²) in [5.74, 6) is 0. The second-order valence-electron chi connectivity index (χ2n) is 3.88. The van der Waals surface area contributed by atoms with Gasteiger partial charge in [-0.15, -0.1) is 11.3 Å². The molecule has 1 aromatic heterocycles. The summed E-state index contributed by atoms with van der Waals surface area (Å²) in [4.78, 5) is 15.7. The number of rotatable bonds is 4. The maximum absolute atomic E-state index is 10.6. The number of benzene rings is 1. The van der Waals surface area contributed by atoms with E-state index in [2.05, 4.69) is 10.3 Å². The van der Waals surface area contributed by atoms with Crippen LogP contribution in [0.5, 0.6) is 0 Å². The lowest BCUT2D eigenvalue weighted by molar-refractivity contribution is -0.384. The van der Waals surface area contributed by atoms with Gasteiger partial charge >= 0.3 is 0 Å². The van der Waals surface area contributed by atoms with Crippen molar-refractivity contribution in [2.75, 3.05) is 12.4 Å². The van der Waals surface area contributed by atoms with Crippen LogP contribution in [0.2, 0.25) is 0 Å². The number of thiazole rings is 1. The maximum atomic E-state index is 10.6. The Balaban J connectivity index is 2.17. The van der Waals surface area contributed by atoms with Crippen molar-refractivity contribution in [3.63, 3.8) is 0 Å². The van der Waals surface area contributed by atoms with E-state index in [0.29, 0.717) is 0 Å². The normalized spacial score (nSPS) is 10.3. The van der Waals surface area contributed by atoms with Gasteiger partial charge in [-0.1, -0.05) is 12.1 Å². The third kappa shape index (κ3) is 2.65. The minimum Gasteiger partial charge on any atom is -0.365 e. The molecule has 1 heterocycles. The first-order chi connectivity index (χ1) is 8.60. The van der Waals surface area contributed by atoms with Crippen LogP contribution in [0.25, 0.3) is 0 Å². The molecular formula is C12H13N3O2S. The van der Waals surface area contributed by atoms with Crippen molar-refractivity contribution in [3.8, 4) is 0 Å². The van der Waals surface area contributed by atoms with Crippen LogP contribution in [0.3, 0.4) is 0 Å². The molecule has 0 aliphatic carbocycles. The molecule has 0 fully saturated rings. The van der Waals surface area contributed by atoms with Gasteiger partial charge in [-0.05, 0) is 12.5 Å². The minimum absolute atomic E-state index is 0.121. The van der Waals surface area contributed by atoms with Crippen molar-refractivity contribution in [1.29, 1.82) is 0 Å². The van der Waals surface area contributed by atoms with E-state index in [1.807, 2.05) is 14.0 Å². The molecule has 0 spiro atoms. The van der Waals surface area contributed by atoms with Gasteiger partial charge in [0.05, 0.1) is 10.6 Å². The molecule has 1 N–H and O–H groups in total. The van der Waals surface area contributed by atoms with Gasteiger partial charge in [0.15, 0.2) is 5.13 Å². The van der Waals surface area contributed by atoms with E-state index in [0.717, 1.165) is 22.8 Å². The highest BCUT2D eigenvalue weighted by atomic mass is 32.1. The zero-order valence-electron chi connectivity index (χ0n) is 10.1. The first-order valence-electron chi connectivity index (χ1n) is 5.47. The second kappa shape index (κ2) is 5.14. The molecule has 6 heteroatoms. The molecule has 94 valence electrons. The highest BCUT2D eigenvalue weighted by Crippen LogP contribution is 2.25. The average molecular weight is 263 g/mol. The number of nitro groups is 1. The second-order valence-corrected chi connectivity index (χ2v) is 4.96. The zero-order valence-corrected chi connectivity index (χ0v) is 11.0. The van der Waals surface area contributed by atoms with Crippen molar-refractivity contribution in [3.05, 3.63) is 50.5 Å². The highest BCUT2D eigenvalue weighted by molar-refractivity contribution is 7.15. The molecule has 0 saturated heterocycles. The summed E-state index contributed by atoms with van der Waals surface area (Å²) in [6, 6.07) is 6.64. The van der Waals surface area contributed by atoms with Crippen molar-refractivity contribution in [2.24, 2.45) is 0 Å². The first kappa shape index (κ1) is 12.5. The Hall–Kier alpha value is -1.95. The van der Waals surface area contributed by atoms with Crippen molar-refractivity contribution in [1.82, 2.24) is 4.98 Å². The fourth-order valence-electron chi connectivity index (χ4n) is 1.62. The molecule has 2 aromatic rings. The third-order valence-corrected chi connectivity index (χ3v) is 3.79. The monoisotopic (exact) mass is 263 g/mol. The van der Waals surface area contributed by atoms with E-state index >= 15 is 0 Å². The third-order valence-electron chi connectivity index (χ3n) is 2.62. The number of non-ortho nitro benzene ring substituents is 1. The Labute approximate surface area is 109 Å². The Morgan fingerprint density at radius 3 is 2.56 bits per heavy atom. The van der Waals surface area contributed by atoms with E-state index in [1.165, 1.54) is 17.0 Å². The minimum atomic E-state index is -0.388. The van der Waals surface area contributed by atoms with Crippen LogP contribution in [-0.4, -0.2) is 17.0 Å². The van der Waals surface area contributed by atoms with Crippen LogP contribution in [0.15, 0.2) is 24.3 Å². The number of nitro benzene ring substituents is 1. The Morgan fingerprint density at radius 1 is 1.39 bits per heavy atom. The average Bonchev–Trinajstić information content (AvgIpc) is 2.71. The lowest BCUT2D eigenvalue weighted by atomic mass is 10.1. The summed E-state index contributed by atoms with van der Waals surface area (Å²) in [5.41, 5.74) is 2.17. The van der Waals surface area contributed by atoms with Gasteiger partial charge in [0, 0.05) is 30.5 Å². The molecule has 0 radical (unpaired) electrons. The molecular weight excluding hydrogens is 250 g/mol. The quantitative estimate of drug-likeness (QED) is 0.680. The lowest BCUT2D eigenvalue weighted by Gasteiger charge is -1.99. The largest absolute Gasteiger partial charge is 0.365 e. The molecule has 0 unspecified atom stereocenters. The van der Waals surface area contributed by atoms with Crippen LogP contribution in [-0.2, 0) is 6.42 Å². The highest BCUT2D eigenvalue weighted by Gasteiger charge is 2.09. The van der Waals surface area contributed by atoms with Gasteiger partial charge in [-0.2, -0.15) is 0 Å². The standard InChI is InChI=1S/C12H13N3O2S/c1-8-11(18-12(13-2)14-8)7-9-3-5-10(6-4-9)15(16)17/h3-6H,7H2,1-2H3,(H,13,14). The van der Waals surface area contributed by atoms with Gasteiger partial charge in [0.25, 0.3) is 5.69 Å². The van der Waals surface area contributed by atoms with Crippen LogP contribution in [0.1, 0.15) is 16.1 Å². The topological polar surface area (TPSA) is 68.1 Å². The fourth-order valence-corrected chi connectivity index (χ4v) is 2.57. The zero-order chi connectivity index (χ0) is 13.1. The van der Waals surface area contributed by atoms with E-state index < -0.39 is 0 Å². The number of hydrogen-bond acceptors (Lipinski definition) is 5. The Morgan fingerprint density at radius 2 is 2.06 bits per heavy atom. The summed E-state index contributed by atoms with van der Waals surface area (Å²) in [7, 11) is 1.84. The van der Waals surface area contributed by atoms with E-state index in [4.69, 9.17) is 0 Å². The first-order valence-corrected chi connectivity index (χ1v) is 6.29. The summed E-state index contributed by atoms with van der Waals surface area (Å²) in [5, 5.41) is 14.5. The van der Waals surface area contributed by atoms with E-state index in [9.17, 15) is 10.1 Å². The molecule has 18 heavy (non-hydrogen) atoms. The van der Waals surface area contributed by atoms with Crippen molar-refractivity contribution in [2.45, 2.75) is 13.3 Å². The SMILES string of the molecule is CNc1nc(C)c(Cc2ccc([N+](=O)[O-])cc2)s1. The number of anilines is 1. The molecule has 0 atom stereocenters.